The molecule has 1 heteroatoms. The zero-order chi connectivity index (χ0) is 11.5. The van der Waals surface area contributed by atoms with Crippen LogP contribution in [0.25, 0.3) is 0 Å². The molecule has 0 radical (unpaired) electrons. The summed E-state index contributed by atoms with van der Waals surface area (Å²) in [6, 6.07) is 0. The minimum atomic E-state index is -0.180. The van der Waals surface area contributed by atoms with Crippen molar-refractivity contribution in [2.24, 2.45) is 29.6 Å². The largest absolute Gasteiger partial charge is 0.389 e. The van der Waals surface area contributed by atoms with Crippen molar-refractivity contribution >= 4 is 0 Å². The van der Waals surface area contributed by atoms with E-state index in [-0.39, 0.29) is 5.60 Å². The van der Waals surface area contributed by atoms with Crippen LogP contribution in [0, 0.1) is 29.6 Å². The first-order valence-corrected chi connectivity index (χ1v) is 8.02. The predicted octanol–water partition coefficient (Wildman–Crippen LogP) is 3.75. The van der Waals surface area contributed by atoms with E-state index in [1.54, 1.807) is 0 Å². The molecule has 0 aromatic rings. The molecule has 0 bridgehead atoms. The molecule has 0 spiro atoms. The van der Waals surface area contributed by atoms with Crippen LogP contribution >= 0.6 is 0 Å². The van der Waals surface area contributed by atoms with E-state index in [1.165, 1.54) is 64.2 Å². The molecule has 0 aliphatic heterocycles. The molecule has 4 saturated carbocycles. The van der Waals surface area contributed by atoms with Crippen LogP contribution < -0.4 is 0 Å². The molecule has 1 nitrogen and oxygen atoms in total. The van der Waals surface area contributed by atoms with Crippen LogP contribution in [0.4, 0.5) is 0 Å². The van der Waals surface area contributed by atoms with E-state index >= 15 is 0 Å². The molecule has 96 valence electrons. The molecule has 4 fully saturated rings. The van der Waals surface area contributed by atoms with Gasteiger partial charge in [0.05, 0.1) is 5.60 Å². The van der Waals surface area contributed by atoms with Gasteiger partial charge in [-0.05, 0) is 61.7 Å². The normalized spacial score (nSPS) is 57.4. The van der Waals surface area contributed by atoms with Crippen molar-refractivity contribution in [2.75, 3.05) is 0 Å². The first-order valence-electron chi connectivity index (χ1n) is 8.02. The van der Waals surface area contributed by atoms with Crippen molar-refractivity contribution in [3.63, 3.8) is 0 Å². The summed E-state index contributed by atoms with van der Waals surface area (Å²) < 4.78 is 0. The first kappa shape index (κ1) is 10.8. The Kier molecular flexibility index (Phi) is 2.38. The molecule has 0 aromatic carbocycles. The Morgan fingerprint density at radius 2 is 1.41 bits per heavy atom. The summed E-state index contributed by atoms with van der Waals surface area (Å²) in [6.45, 7) is 0. The summed E-state index contributed by atoms with van der Waals surface area (Å²) in [4.78, 5) is 0. The van der Waals surface area contributed by atoms with Gasteiger partial charge in [-0.15, -0.1) is 0 Å². The Morgan fingerprint density at radius 3 is 2.18 bits per heavy atom. The van der Waals surface area contributed by atoms with Gasteiger partial charge in [0, 0.05) is 0 Å². The van der Waals surface area contributed by atoms with Crippen molar-refractivity contribution in [3.05, 3.63) is 0 Å². The number of fused-ring (bicyclic) bond motifs is 2. The molecule has 17 heavy (non-hydrogen) atoms. The second-order valence-electron chi connectivity index (χ2n) is 7.35. The lowest BCUT2D eigenvalue weighted by atomic mass is 9.65. The molecule has 1 N–H and O–H groups in total. The fraction of sp³-hybridized carbons (Fsp3) is 1.00. The fourth-order valence-corrected chi connectivity index (χ4v) is 5.87. The number of hydrogen-bond acceptors (Lipinski definition) is 1. The summed E-state index contributed by atoms with van der Waals surface area (Å²) in [6.07, 6.45) is 14.1. The molecule has 4 aliphatic carbocycles. The highest BCUT2D eigenvalue weighted by molar-refractivity contribution is 5.18. The quantitative estimate of drug-likeness (QED) is 0.732. The summed E-state index contributed by atoms with van der Waals surface area (Å²) >= 11 is 0. The standard InChI is InChI=1S/C16H26O/c17-16(14-6-3-7-15(14)16)13-9-8-11-4-1-2-5-12(11)10-13/h11-15,17H,1-10H2. The van der Waals surface area contributed by atoms with E-state index in [0.29, 0.717) is 17.8 Å². The second kappa shape index (κ2) is 3.73. The van der Waals surface area contributed by atoms with Crippen molar-refractivity contribution in [1.82, 2.24) is 0 Å². The molecule has 4 aliphatic rings. The van der Waals surface area contributed by atoms with Gasteiger partial charge in [-0.1, -0.05) is 32.1 Å². The lowest BCUT2D eigenvalue weighted by Crippen LogP contribution is -2.36. The van der Waals surface area contributed by atoms with Crippen LogP contribution in [0.3, 0.4) is 0 Å². The smallest absolute Gasteiger partial charge is 0.0739 e. The van der Waals surface area contributed by atoms with E-state index in [4.69, 9.17) is 0 Å². The second-order valence-corrected chi connectivity index (χ2v) is 7.35. The summed E-state index contributed by atoms with van der Waals surface area (Å²) in [7, 11) is 0. The van der Waals surface area contributed by atoms with Gasteiger partial charge >= 0.3 is 0 Å². The SMILES string of the molecule is OC1(C2CCC3CCCCC3C2)C2CCCC21. The summed E-state index contributed by atoms with van der Waals surface area (Å²) in [5.41, 5.74) is -0.180. The van der Waals surface area contributed by atoms with Crippen LogP contribution in [-0.2, 0) is 0 Å². The maximum atomic E-state index is 10.9. The lowest BCUT2D eigenvalue weighted by molar-refractivity contribution is -0.00696. The minimum Gasteiger partial charge on any atom is -0.389 e. The number of rotatable bonds is 1. The molecule has 0 aromatic heterocycles. The highest BCUT2D eigenvalue weighted by Crippen LogP contribution is 2.66. The maximum Gasteiger partial charge on any atom is 0.0739 e. The van der Waals surface area contributed by atoms with E-state index in [1.807, 2.05) is 0 Å². The summed E-state index contributed by atoms with van der Waals surface area (Å²) in [5.74, 6) is 4.12. The van der Waals surface area contributed by atoms with Gasteiger partial charge in [-0.3, -0.25) is 0 Å². The average Bonchev–Trinajstić information content (AvgIpc) is 2.79. The van der Waals surface area contributed by atoms with Crippen LogP contribution in [-0.4, -0.2) is 10.7 Å². The zero-order valence-corrected chi connectivity index (χ0v) is 10.9. The molecule has 0 saturated heterocycles. The monoisotopic (exact) mass is 234 g/mol. The highest BCUT2D eigenvalue weighted by atomic mass is 16.3. The third-order valence-electron chi connectivity index (χ3n) is 6.79. The number of aliphatic hydroxyl groups is 1. The summed E-state index contributed by atoms with van der Waals surface area (Å²) in [5, 5.41) is 10.9. The topological polar surface area (TPSA) is 20.2 Å². The fourth-order valence-electron chi connectivity index (χ4n) is 5.87. The molecular weight excluding hydrogens is 208 g/mol. The van der Waals surface area contributed by atoms with Gasteiger partial charge in [0.1, 0.15) is 0 Å². The number of hydrogen-bond donors (Lipinski definition) is 1. The van der Waals surface area contributed by atoms with Crippen molar-refractivity contribution in [1.29, 1.82) is 0 Å². The minimum absolute atomic E-state index is 0.180. The molecule has 5 unspecified atom stereocenters. The lowest BCUT2D eigenvalue weighted by Gasteiger charge is -2.42. The van der Waals surface area contributed by atoms with Gasteiger partial charge in [-0.25, -0.2) is 0 Å². The van der Waals surface area contributed by atoms with E-state index < -0.39 is 0 Å². The Balaban J connectivity index is 1.46. The van der Waals surface area contributed by atoms with Crippen molar-refractivity contribution < 1.29 is 5.11 Å². The Morgan fingerprint density at radius 1 is 0.706 bits per heavy atom. The van der Waals surface area contributed by atoms with Gasteiger partial charge in [0.15, 0.2) is 0 Å². The van der Waals surface area contributed by atoms with E-state index in [2.05, 4.69) is 0 Å². The van der Waals surface area contributed by atoms with Crippen molar-refractivity contribution in [3.8, 4) is 0 Å². The van der Waals surface area contributed by atoms with E-state index in [0.717, 1.165) is 11.8 Å². The third-order valence-corrected chi connectivity index (χ3v) is 6.79. The van der Waals surface area contributed by atoms with Crippen LogP contribution in [0.1, 0.15) is 64.2 Å². The zero-order valence-electron chi connectivity index (χ0n) is 10.9. The molecule has 0 amide bonds. The molecule has 5 atom stereocenters. The van der Waals surface area contributed by atoms with Crippen molar-refractivity contribution in [2.45, 2.75) is 69.8 Å². The maximum absolute atomic E-state index is 10.9. The van der Waals surface area contributed by atoms with Gasteiger partial charge < -0.3 is 5.11 Å². The predicted molar refractivity (Wildman–Crippen MR) is 68.6 cm³/mol. The third kappa shape index (κ3) is 1.47. The average molecular weight is 234 g/mol. The Labute approximate surface area is 105 Å². The Bertz CT molecular complexity index is 301. The van der Waals surface area contributed by atoms with E-state index in [9.17, 15) is 5.11 Å². The van der Waals surface area contributed by atoms with Crippen LogP contribution in [0.15, 0.2) is 0 Å². The molecular formula is C16H26O. The van der Waals surface area contributed by atoms with Crippen LogP contribution in [0.2, 0.25) is 0 Å². The highest BCUT2D eigenvalue weighted by Gasteiger charge is 2.68. The van der Waals surface area contributed by atoms with Crippen LogP contribution in [0.5, 0.6) is 0 Å². The molecule has 4 rings (SSSR count). The Hall–Kier alpha value is -0.0400. The first-order chi connectivity index (χ1) is 8.30. The van der Waals surface area contributed by atoms with Gasteiger partial charge in [0.25, 0.3) is 0 Å². The van der Waals surface area contributed by atoms with Gasteiger partial charge in [0.2, 0.25) is 0 Å². The molecule has 0 heterocycles. The van der Waals surface area contributed by atoms with Gasteiger partial charge in [-0.2, -0.15) is 0 Å².